The third kappa shape index (κ3) is 5.59. The van der Waals surface area contributed by atoms with Gasteiger partial charge in [-0.1, -0.05) is 29.8 Å². The standard InChI is InChI=1S/C31H31NO5/c1-6-35-29-21(5)30-26(27(18-37-30)22-10-8-19(3)9-11-22)17-25(29)20(4)16-28(33)32-24-14-12-23(13-15-24)31(34)36-7-2/h8-18H,6-7H2,1-5H3,(H,32,33)/b20-16+. The predicted octanol–water partition coefficient (Wildman–Crippen LogP) is 7.33. The van der Waals surface area contributed by atoms with Gasteiger partial charge in [-0.3, -0.25) is 4.79 Å². The second-order valence-electron chi connectivity index (χ2n) is 8.82. The van der Waals surface area contributed by atoms with Crippen LogP contribution in [0.2, 0.25) is 0 Å². The Labute approximate surface area is 216 Å². The Hall–Kier alpha value is -4.32. The SMILES string of the molecule is CCOC(=O)c1ccc(NC(=O)/C=C(\C)c2cc3c(-c4ccc(C)cc4)coc3c(C)c2OCC)cc1. The van der Waals surface area contributed by atoms with Crippen LogP contribution >= 0.6 is 0 Å². The minimum atomic E-state index is -0.394. The van der Waals surface area contributed by atoms with Gasteiger partial charge in [-0.2, -0.15) is 0 Å². The molecule has 0 bridgehead atoms. The van der Waals surface area contributed by atoms with Gasteiger partial charge in [-0.15, -0.1) is 0 Å². The summed E-state index contributed by atoms with van der Waals surface area (Å²) < 4.78 is 17.0. The van der Waals surface area contributed by atoms with Gasteiger partial charge in [0.25, 0.3) is 0 Å². The third-order valence-electron chi connectivity index (χ3n) is 6.13. The van der Waals surface area contributed by atoms with E-state index in [1.807, 2.05) is 26.8 Å². The minimum absolute atomic E-state index is 0.285. The summed E-state index contributed by atoms with van der Waals surface area (Å²) in [5.74, 6) is 0.0160. The Kier molecular flexibility index (Phi) is 7.77. The molecule has 0 saturated carbocycles. The first-order chi connectivity index (χ1) is 17.8. The first kappa shape index (κ1) is 25.8. The molecule has 4 rings (SSSR count). The summed E-state index contributed by atoms with van der Waals surface area (Å²) in [6.45, 7) is 10.4. The predicted molar refractivity (Wildman–Crippen MR) is 147 cm³/mol. The number of allylic oxidation sites excluding steroid dienone is 1. The lowest BCUT2D eigenvalue weighted by Gasteiger charge is -2.15. The molecule has 0 aliphatic rings. The molecule has 1 aromatic heterocycles. The van der Waals surface area contributed by atoms with E-state index in [2.05, 4.69) is 36.5 Å². The highest BCUT2D eigenvalue weighted by Crippen LogP contribution is 2.40. The maximum absolute atomic E-state index is 12.9. The van der Waals surface area contributed by atoms with E-state index in [1.54, 1.807) is 43.5 Å². The Balaban J connectivity index is 1.67. The van der Waals surface area contributed by atoms with Crippen LogP contribution < -0.4 is 10.1 Å². The molecular formula is C31H31NO5. The van der Waals surface area contributed by atoms with Crippen molar-refractivity contribution in [2.24, 2.45) is 0 Å². The second kappa shape index (κ2) is 11.2. The normalized spacial score (nSPS) is 11.4. The van der Waals surface area contributed by atoms with Crippen molar-refractivity contribution in [3.8, 4) is 16.9 Å². The smallest absolute Gasteiger partial charge is 0.338 e. The van der Waals surface area contributed by atoms with E-state index in [0.29, 0.717) is 30.2 Å². The van der Waals surface area contributed by atoms with Crippen molar-refractivity contribution in [3.05, 3.63) is 89.2 Å². The molecule has 190 valence electrons. The average Bonchev–Trinajstić information content (AvgIpc) is 3.31. The molecule has 3 aromatic carbocycles. The number of carbonyl (C=O) groups excluding carboxylic acids is 2. The molecule has 1 N–H and O–H groups in total. The van der Waals surface area contributed by atoms with Crippen molar-refractivity contribution in [2.45, 2.75) is 34.6 Å². The Morgan fingerprint density at radius 2 is 1.68 bits per heavy atom. The number of carbonyl (C=O) groups is 2. The number of hydrogen-bond acceptors (Lipinski definition) is 5. The van der Waals surface area contributed by atoms with E-state index in [-0.39, 0.29) is 5.91 Å². The summed E-state index contributed by atoms with van der Waals surface area (Å²) in [4.78, 5) is 24.7. The molecule has 6 nitrogen and oxygen atoms in total. The van der Waals surface area contributed by atoms with Crippen LogP contribution in [0.5, 0.6) is 5.75 Å². The zero-order valence-electron chi connectivity index (χ0n) is 21.8. The number of ether oxygens (including phenoxy) is 2. The lowest BCUT2D eigenvalue weighted by Crippen LogP contribution is -2.10. The number of furan rings is 1. The zero-order chi connectivity index (χ0) is 26.5. The van der Waals surface area contributed by atoms with Crippen molar-refractivity contribution in [1.82, 2.24) is 0 Å². The summed E-state index contributed by atoms with van der Waals surface area (Å²) in [5, 5.41) is 3.82. The van der Waals surface area contributed by atoms with Crippen LogP contribution in [0.4, 0.5) is 5.69 Å². The van der Waals surface area contributed by atoms with E-state index < -0.39 is 5.97 Å². The van der Waals surface area contributed by atoms with Crippen LogP contribution in [0.25, 0.3) is 27.7 Å². The molecule has 0 unspecified atom stereocenters. The number of amides is 1. The topological polar surface area (TPSA) is 77.8 Å². The molecule has 0 aliphatic carbocycles. The maximum atomic E-state index is 12.9. The highest BCUT2D eigenvalue weighted by molar-refractivity contribution is 6.06. The minimum Gasteiger partial charge on any atom is -0.493 e. The van der Waals surface area contributed by atoms with Crippen LogP contribution in [0.15, 0.2) is 71.4 Å². The van der Waals surface area contributed by atoms with Crippen LogP contribution in [0, 0.1) is 13.8 Å². The first-order valence-electron chi connectivity index (χ1n) is 12.3. The number of rotatable bonds is 8. The summed E-state index contributed by atoms with van der Waals surface area (Å²) in [7, 11) is 0. The van der Waals surface area contributed by atoms with Crippen molar-refractivity contribution < 1.29 is 23.5 Å². The van der Waals surface area contributed by atoms with Crippen LogP contribution in [-0.2, 0) is 9.53 Å². The van der Waals surface area contributed by atoms with Gasteiger partial charge in [0.15, 0.2) is 0 Å². The molecule has 0 fully saturated rings. The van der Waals surface area contributed by atoms with Gasteiger partial charge >= 0.3 is 5.97 Å². The van der Waals surface area contributed by atoms with Crippen molar-refractivity contribution in [3.63, 3.8) is 0 Å². The van der Waals surface area contributed by atoms with Gasteiger partial charge in [0, 0.05) is 33.8 Å². The fourth-order valence-corrected chi connectivity index (χ4v) is 4.25. The Morgan fingerprint density at radius 3 is 2.32 bits per heavy atom. The Morgan fingerprint density at radius 1 is 0.973 bits per heavy atom. The molecule has 0 radical (unpaired) electrons. The number of aryl methyl sites for hydroxylation is 2. The molecule has 0 spiro atoms. The average molecular weight is 498 g/mol. The second-order valence-corrected chi connectivity index (χ2v) is 8.82. The highest BCUT2D eigenvalue weighted by atomic mass is 16.5. The lowest BCUT2D eigenvalue weighted by atomic mass is 9.96. The number of hydrogen-bond donors (Lipinski definition) is 1. The van der Waals surface area contributed by atoms with Crippen molar-refractivity contribution in [2.75, 3.05) is 18.5 Å². The van der Waals surface area contributed by atoms with E-state index in [4.69, 9.17) is 13.9 Å². The highest BCUT2D eigenvalue weighted by Gasteiger charge is 2.19. The Bertz CT molecular complexity index is 1460. The van der Waals surface area contributed by atoms with Crippen molar-refractivity contribution in [1.29, 1.82) is 0 Å². The molecule has 0 saturated heterocycles. The summed E-state index contributed by atoms with van der Waals surface area (Å²) in [5.41, 5.74) is 7.48. The largest absolute Gasteiger partial charge is 0.493 e. The lowest BCUT2D eigenvalue weighted by molar-refractivity contribution is -0.111. The summed E-state index contributed by atoms with van der Waals surface area (Å²) in [6, 6.07) is 16.9. The number of fused-ring (bicyclic) bond motifs is 1. The van der Waals surface area contributed by atoms with E-state index >= 15 is 0 Å². The maximum Gasteiger partial charge on any atom is 0.338 e. The van der Waals surface area contributed by atoms with Crippen molar-refractivity contribution >= 4 is 34.1 Å². The van der Waals surface area contributed by atoms with Gasteiger partial charge in [0.2, 0.25) is 5.91 Å². The summed E-state index contributed by atoms with van der Waals surface area (Å²) >= 11 is 0. The van der Waals surface area contributed by atoms with Crippen LogP contribution in [0.3, 0.4) is 0 Å². The van der Waals surface area contributed by atoms with Crippen LogP contribution in [-0.4, -0.2) is 25.1 Å². The number of anilines is 1. The fraction of sp³-hybridized carbons (Fsp3) is 0.226. The number of esters is 1. The molecule has 4 aromatic rings. The monoisotopic (exact) mass is 497 g/mol. The van der Waals surface area contributed by atoms with Gasteiger partial charge in [0.05, 0.1) is 25.0 Å². The first-order valence-corrected chi connectivity index (χ1v) is 12.3. The molecule has 37 heavy (non-hydrogen) atoms. The zero-order valence-corrected chi connectivity index (χ0v) is 21.8. The number of benzene rings is 3. The molecule has 1 amide bonds. The van der Waals surface area contributed by atoms with Crippen LogP contribution in [0.1, 0.15) is 47.8 Å². The molecular weight excluding hydrogens is 466 g/mol. The van der Waals surface area contributed by atoms with E-state index in [0.717, 1.165) is 38.8 Å². The quantitative estimate of drug-likeness (QED) is 0.204. The molecule has 6 heteroatoms. The molecule has 0 atom stereocenters. The summed E-state index contributed by atoms with van der Waals surface area (Å²) in [6.07, 6.45) is 3.32. The van der Waals surface area contributed by atoms with Gasteiger partial charge in [-0.25, -0.2) is 4.79 Å². The number of nitrogens with one attached hydrogen (secondary N) is 1. The van der Waals surface area contributed by atoms with Gasteiger partial charge in [-0.05, 0) is 76.1 Å². The van der Waals surface area contributed by atoms with Gasteiger partial charge in [0.1, 0.15) is 11.3 Å². The molecule has 0 aliphatic heterocycles. The van der Waals surface area contributed by atoms with Gasteiger partial charge < -0.3 is 19.2 Å². The fourth-order valence-electron chi connectivity index (χ4n) is 4.25. The van der Waals surface area contributed by atoms with E-state index in [1.165, 1.54) is 5.56 Å². The molecule has 1 heterocycles. The third-order valence-corrected chi connectivity index (χ3v) is 6.13. The van der Waals surface area contributed by atoms with E-state index in [9.17, 15) is 9.59 Å².